The van der Waals surface area contributed by atoms with Gasteiger partial charge in [0.05, 0.1) is 0 Å². The van der Waals surface area contributed by atoms with Gasteiger partial charge in [0.2, 0.25) is 0 Å². The number of carbonyl (C=O) groups is 2. The second-order valence-electron chi connectivity index (χ2n) is 16.6. The van der Waals surface area contributed by atoms with E-state index in [0.29, 0.717) is 97.2 Å². The van der Waals surface area contributed by atoms with E-state index in [9.17, 15) is 9.59 Å². The van der Waals surface area contributed by atoms with Gasteiger partial charge in [-0.3, -0.25) is 0 Å². The van der Waals surface area contributed by atoms with Crippen LogP contribution < -0.4 is 7.74 Å². The van der Waals surface area contributed by atoms with Crippen molar-refractivity contribution in [3.63, 3.8) is 0 Å². The number of aryl methyl sites for hydroxylation is 2. The predicted molar refractivity (Wildman–Crippen MR) is 248 cm³/mol. The normalized spacial score (nSPS) is 13.3. The van der Waals surface area contributed by atoms with Crippen molar-refractivity contribution < 1.29 is 53.2 Å². The molecule has 0 bridgehead atoms. The van der Waals surface area contributed by atoms with Crippen LogP contribution >= 0.6 is 0 Å². The zero-order valence-corrected chi connectivity index (χ0v) is 39.4. The van der Waals surface area contributed by atoms with Crippen molar-refractivity contribution in [3.05, 3.63) is 175 Å². The number of amides is 2. The Kier molecular flexibility index (Phi) is 19.2. The number of nitrogens with zero attached hydrogens (tertiary/aromatic N) is 2. The average Bonchev–Trinajstić information content (AvgIpc) is 4.08. The second-order valence-corrected chi connectivity index (χ2v) is 22.6. The first-order valence-corrected chi connectivity index (χ1v) is 26.4. The first kappa shape index (κ1) is 49.6. The number of ether oxygens (including phenoxy) is 2. The van der Waals surface area contributed by atoms with E-state index in [1.165, 1.54) is 24.3 Å². The van der Waals surface area contributed by atoms with E-state index in [1.807, 2.05) is 24.3 Å². The molecule has 344 valence electrons. The second kappa shape index (κ2) is 25.2. The van der Waals surface area contributed by atoms with Gasteiger partial charge in [-0.15, -0.1) is 0 Å². The minimum atomic E-state index is -5.10. The summed E-state index contributed by atoms with van der Waals surface area (Å²) in [6, 6.07) is 23.2. The van der Waals surface area contributed by atoms with Crippen LogP contribution in [0.2, 0.25) is 0 Å². The van der Waals surface area contributed by atoms with Crippen LogP contribution in [-0.2, 0) is 38.9 Å². The van der Waals surface area contributed by atoms with Crippen LogP contribution in [0.5, 0.6) is 0 Å². The van der Waals surface area contributed by atoms with Gasteiger partial charge in [-0.25, -0.2) is 0 Å². The Hall–Kier alpha value is -4.87. The molecule has 0 spiro atoms. The van der Waals surface area contributed by atoms with Crippen LogP contribution in [0.15, 0.2) is 129 Å². The fourth-order valence-corrected chi connectivity index (χ4v) is 17.2. The van der Waals surface area contributed by atoms with Crippen molar-refractivity contribution in [3.8, 4) is 0 Å². The summed E-state index contributed by atoms with van der Waals surface area (Å²) < 4.78 is 81.4. The topological polar surface area (TPSA) is 59.1 Å². The summed E-state index contributed by atoms with van der Waals surface area (Å²) in [6.45, 7) is 7.32. The molecule has 0 radical (unpaired) electrons. The molecule has 4 aromatic rings. The first-order chi connectivity index (χ1) is 31.7. The van der Waals surface area contributed by atoms with E-state index in [1.54, 1.807) is 82.6 Å². The van der Waals surface area contributed by atoms with Gasteiger partial charge in [-0.1, -0.05) is 26.7 Å². The Balaban J connectivity index is 1.32. The van der Waals surface area contributed by atoms with Gasteiger partial charge in [0.1, 0.15) is 0 Å². The molecule has 0 saturated carbocycles. The van der Waals surface area contributed by atoms with Gasteiger partial charge in [0.25, 0.3) is 0 Å². The van der Waals surface area contributed by atoms with Crippen molar-refractivity contribution in [2.75, 3.05) is 52.6 Å². The molecule has 2 aliphatic rings. The van der Waals surface area contributed by atoms with E-state index in [-0.39, 0.29) is 43.5 Å². The summed E-state index contributed by atoms with van der Waals surface area (Å²) in [7, 11) is 0. The van der Waals surface area contributed by atoms with Crippen LogP contribution in [0.25, 0.3) is 0 Å². The molecular formula is C54H62F4N2O4Ti. The monoisotopic (exact) mass is 926 g/mol. The molecule has 6 rings (SSSR count). The van der Waals surface area contributed by atoms with E-state index in [2.05, 4.69) is 13.8 Å². The van der Waals surface area contributed by atoms with Crippen LogP contribution in [0.4, 0.5) is 17.6 Å². The summed E-state index contributed by atoms with van der Waals surface area (Å²) in [5.74, 6) is -3.60. The first-order valence-electron chi connectivity index (χ1n) is 23.2. The summed E-state index contributed by atoms with van der Waals surface area (Å²) in [5.41, 5.74) is 1.50. The van der Waals surface area contributed by atoms with Gasteiger partial charge in [0, 0.05) is 0 Å². The SMILES string of the molecule is CCCCOCCN(CCCc1ccc(F)[c]([Ti]([C]2=CC=CC2)([C]2=CC=CC2)[c]2c(F)ccc(CCCN(CCOCCCC)C(=O)c3ccccc3)c2F)c1F)C(=O)c1ccccc1. The summed E-state index contributed by atoms with van der Waals surface area (Å²) >= 11 is -5.10. The number of allylic oxidation sites excluding steroid dienone is 8. The van der Waals surface area contributed by atoms with Gasteiger partial charge in [-0.05, 0) is 0 Å². The number of carbonyl (C=O) groups excluding carboxylic acids is 2. The number of rotatable bonds is 26. The molecule has 0 atom stereocenters. The summed E-state index contributed by atoms with van der Waals surface area (Å²) in [5, 5.41) is 0. The molecule has 0 heterocycles. The number of unbranched alkanes of at least 4 members (excludes halogenated alkanes) is 2. The Bertz CT molecular complexity index is 2170. The molecule has 0 fully saturated rings. The van der Waals surface area contributed by atoms with Crippen molar-refractivity contribution in [2.45, 2.75) is 78.1 Å². The predicted octanol–water partition coefficient (Wildman–Crippen LogP) is 10.8. The van der Waals surface area contributed by atoms with Crippen LogP contribution in [-0.4, -0.2) is 74.2 Å². The zero-order chi connectivity index (χ0) is 46.0. The third-order valence-electron chi connectivity index (χ3n) is 12.3. The van der Waals surface area contributed by atoms with E-state index in [0.717, 1.165) is 25.7 Å². The van der Waals surface area contributed by atoms with Crippen molar-refractivity contribution in [1.82, 2.24) is 9.80 Å². The van der Waals surface area contributed by atoms with Gasteiger partial charge in [0.15, 0.2) is 0 Å². The Labute approximate surface area is 386 Å². The Morgan fingerprint density at radius 1 is 0.538 bits per heavy atom. The molecule has 4 aromatic carbocycles. The maximum atomic E-state index is 17.6. The summed E-state index contributed by atoms with van der Waals surface area (Å²) in [6.07, 6.45) is 16.4. The van der Waals surface area contributed by atoms with E-state index < -0.39 is 39.9 Å². The molecule has 0 saturated heterocycles. The van der Waals surface area contributed by atoms with Crippen molar-refractivity contribution in [2.24, 2.45) is 0 Å². The van der Waals surface area contributed by atoms with Gasteiger partial charge >= 0.3 is 361 Å². The number of benzene rings is 4. The molecule has 0 unspecified atom stereocenters. The molecule has 0 N–H and O–H groups in total. The summed E-state index contributed by atoms with van der Waals surface area (Å²) in [4.78, 5) is 30.7. The number of hydrogen-bond acceptors (Lipinski definition) is 4. The molecule has 6 nitrogen and oxygen atoms in total. The van der Waals surface area contributed by atoms with Crippen LogP contribution in [0, 0.1) is 23.3 Å². The molecule has 65 heavy (non-hydrogen) atoms. The van der Waals surface area contributed by atoms with E-state index >= 15 is 17.6 Å². The fourth-order valence-electron chi connectivity index (χ4n) is 8.81. The molecule has 2 aliphatic carbocycles. The van der Waals surface area contributed by atoms with Gasteiger partial charge in [-0.2, -0.15) is 0 Å². The van der Waals surface area contributed by atoms with Gasteiger partial charge < -0.3 is 0 Å². The fraction of sp³-hybridized carbons (Fsp3) is 0.370. The molecule has 0 aliphatic heterocycles. The van der Waals surface area contributed by atoms with Crippen molar-refractivity contribution in [1.29, 1.82) is 0 Å². The minimum absolute atomic E-state index is 0.161. The standard InChI is InChI=1S/2C22H26F2NO2.2C5H5.Ti/c2*1-2-3-15-27-16-14-25(22(26)19-8-5-4-6-9-19)13-7-10-18-11-12-20(23)17-21(18)24;2*1-2-4-5-3-1;/h2*4-6,8-9,11-12H,2-3,7,10,13-16H2,1H3;2*1-3H,4H2;. The average molecular weight is 927 g/mol. The molecule has 2 amide bonds. The number of hydrogen-bond donors (Lipinski definition) is 0. The third-order valence-corrected chi connectivity index (χ3v) is 20.2. The quantitative estimate of drug-likeness (QED) is 0.0358. The van der Waals surface area contributed by atoms with Crippen molar-refractivity contribution >= 4 is 19.6 Å². The van der Waals surface area contributed by atoms with E-state index in [4.69, 9.17) is 9.47 Å². The number of halogens is 4. The van der Waals surface area contributed by atoms with Crippen LogP contribution in [0.1, 0.15) is 97.1 Å². The maximum absolute atomic E-state index is 17.6. The molecule has 0 aromatic heterocycles. The van der Waals surface area contributed by atoms with Crippen LogP contribution in [0.3, 0.4) is 0 Å². The Morgan fingerprint density at radius 3 is 1.32 bits per heavy atom. The Morgan fingerprint density at radius 2 is 0.954 bits per heavy atom. The molecular weight excluding hydrogens is 864 g/mol. The zero-order valence-electron chi connectivity index (χ0n) is 37.8. The molecule has 11 heteroatoms. The third kappa shape index (κ3) is 12.3.